The number of aliphatic carboxylic acids is 1. The number of carbonyl (C=O) groups is 2. The van der Waals surface area contributed by atoms with Crippen molar-refractivity contribution in [2.45, 2.75) is 13.5 Å². The SMILES string of the molecule is Cc1ccc2cc(CN3C[C@H]4C(=O)NC[C@@]4(C(=O)O)C3)c(=O)[nH]c2c1. The summed E-state index contributed by atoms with van der Waals surface area (Å²) in [7, 11) is 0. The number of amides is 1. The Morgan fingerprint density at radius 1 is 1.36 bits per heavy atom. The zero-order valence-corrected chi connectivity index (χ0v) is 13.8. The second kappa shape index (κ2) is 5.42. The Kier molecular flexibility index (Phi) is 3.43. The van der Waals surface area contributed by atoms with Crippen molar-refractivity contribution in [3.8, 4) is 0 Å². The summed E-state index contributed by atoms with van der Waals surface area (Å²) in [5.74, 6) is -1.73. The average molecular weight is 341 g/mol. The Morgan fingerprint density at radius 2 is 2.16 bits per heavy atom. The number of aryl methyl sites for hydroxylation is 1. The van der Waals surface area contributed by atoms with Gasteiger partial charge in [0.15, 0.2) is 0 Å². The smallest absolute Gasteiger partial charge is 0.313 e. The predicted octanol–water partition coefficient (Wildman–Crippen LogP) is 0.469. The number of fused-ring (bicyclic) bond motifs is 2. The number of carboxylic acids is 1. The Morgan fingerprint density at radius 3 is 2.88 bits per heavy atom. The lowest BCUT2D eigenvalue weighted by Gasteiger charge is -2.21. The van der Waals surface area contributed by atoms with Gasteiger partial charge in [-0.2, -0.15) is 0 Å². The molecule has 0 radical (unpaired) electrons. The van der Waals surface area contributed by atoms with Gasteiger partial charge in [0.25, 0.3) is 5.56 Å². The molecule has 0 aliphatic carbocycles. The van der Waals surface area contributed by atoms with E-state index in [1.165, 1.54) is 0 Å². The van der Waals surface area contributed by atoms with Crippen LogP contribution in [0.3, 0.4) is 0 Å². The molecule has 0 spiro atoms. The summed E-state index contributed by atoms with van der Waals surface area (Å²) in [5, 5.41) is 13.2. The number of pyridine rings is 1. The third kappa shape index (κ3) is 2.42. The number of aromatic amines is 1. The molecule has 1 amide bonds. The highest BCUT2D eigenvalue weighted by atomic mass is 16.4. The van der Waals surface area contributed by atoms with Gasteiger partial charge in [0, 0.05) is 37.3 Å². The van der Waals surface area contributed by atoms with Crippen molar-refractivity contribution in [2.75, 3.05) is 19.6 Å². The van der Waals surface area contributed by atoms with Gasteiger partial charge in [-0.05, 0) is 30.0 Å². The molecule has 2 atom stereocenters. The zero-order valence-electron chi connectivity index (χ0n) is 13.8. The maximum Gasteiger partial charge on any atom is 0.313 e. The number of H-pyrrole nitrogens is 1. The van der Waals surface area contributed by atoms with E-state index < -0.39 is 17.3 Å². The van der Waals surface area contributed by atoms with Gasteiger partial charge in [0.1, 0.15) is 5.41 Å². The van der Waals surface area contributed by atoms with E-state index in [-0.39, 0.29) is 24.6 Å². The van der Waals surface area contributed by atoms with E-state index in [1.807, 2.05) is 36.1 Å². The lowest BCUT2D eigenvalue weighted by atomic mass is 9.81. The Balaban J connectivity index is 1.63. The maximum absolute atomic E-state index is 12.4. The minimum Gasteiger partial charge on any atom is -0.481 e. The lowest BCUT2D eigenvalue weighted by molar-refractivity contribution is -0.149. The molecule has 7 nitrogen and oxygen atoms in total. The largest absolute Gasteiger partial charge is 0.481 e. The number of nitrogens with zero attached hydrogens (tertiary/aromatic N) is 1. The summed E-state index contributed by atoms with van der Waals surface area (Å²) in [6.45, 7) is 3.05. The first-order valence-electron chi connectivity index (χ1n) is 8.25. The molecular formula is C18H19N3O4. The highest BCUT2D eigenvalue weighted by Crippen LogP contribution is 2.40. The Hall–Kier alpha value is -2.67. The molecule has 2 aromatic rings. The van der Waals surface area contributed by atoms with Crippen molar-refractivity contribution in [1.82, 2.24) is 15.2 Å². The van der Waals surface area contributed by atoms with Crippen LogP contribution in [-0.4, -0.2) is 46.5 Å². The highest BCUT2D eigenvalue weighted by Gasteiger charge is 2.59. The van der Waals surface area contributed by atoms with E-state index in [9.17, 15) is 19.5 Å². The summed E-state index contributed by atoms with van der Waals surface area (Å²) in [6.07, 6.45) is 0. The maximum atomic E-state index is 12.4. The number of carboxylic acid groups (broad SMARTS) is 1. The van der Waals surface area contributed by atoms with Crippen molar-refractivity contribution in [1.29, 1.82) is 0 Å². The molecule has 3 heterocycles. The molecular weight excluding hydrogens is 322 g/mol. The molecule has 130 valence electrons. The normalized spacial score (nSPS) is 26.0. The van der Waals surface area contributed by atoms with E-state index in [1.54, 1.807) is 0 Å². The number of carbonyl (C=O) groups excluding carboxylic acids is 1. The van der Waals surface area contributed by atoms with Gasteiger partial charge < -0.3 is 15.4 Å². The second-order valence-electron chi connectivity index (χ2n) is 7.12. The Labute approximate surface area is 143 Å². The van der Waals surface area contributed by atoms with Gasteiger partial charge in [0.2, 0.25) is 5.91 Å². The third-order valence-corrected chi connectivity index (χ3v) is 5.41. The van der Waals surface area contributed by atoms with Gasteiger partial charge in [0.05, 0.1) is 5.92 Å². The first-order chi connectivity index (χ1) is 11.9. The van der Waals surface area contributed by atoms with E-state index >= 15 is 0 Å². The number of likely N-dealkylation sites (tertiary alicyclic amines) is 1. The predicted molar refractivity (Wildman–Crippen MR) is 91.2 cm³/mol. The quantitative estimate of drug-likeness (QED) is 0.753. The monoisotopic (exact) mass is 341 g/mol. The van der Waals surface area contributed by atoms with Crippen molar-refractivity contribution in [3.63, 3.8) is 0 Å². The molecule has 0 unspecified atom stereocenters. The number of aromatic nitrogens is 1. The summed E-state index contributed by atoms with van der Waals surface area (Å²) in [5.41, 5.74) is 1.17. The molecule has 4 rings (SSSR count). The number of hydrogen-bond acceptors (Lipinski definition) is 4. The summed E-state index contributed by atoms with van der Waals surface area (Å²) in [4.78, 5) is 40.9. The fraction of sp³-hybridized carbons (Fsp3) is 0.389. The van der Waals surface area contributed by atoms with E-state index in [4.69, 9.17) is 0 Å². The van der Waals surface area contributed by atoms with Crippen molar-refractivity contribution in [2.24, 2.45) is 11.3 Å². The third-order valence-electron chi connectivity index (χ3n) is 5.41. The van der Waals surface area contributed by atoms with Gasteiger partial charge in [-0.1, -0.05) is 12.1 Å². The summed E-state index contributed by atoms with van der Waals surface area (Å²) >= 11 is 0. The number of benzene rings is 1. The first-order valence-corrected chi connectivity index (χ1v) is 8.25. The number of nitrogens with one attached hydrogen (secondary N) is 2. The summed E-state index contributed by atoms with van der Waals surface area (Å²) in [6, 6.07) is 7.70. The second-order valence-corrected chi connectivity index (χ2v) is 7.12. The van der Waals surface area contributed by atoms with E-state index in [0.717, 1.165) is 16.5 Å². The molecule has 0 bridgehead atoms. The van der Waals surface area contributed by atoms with Crippen LogP contribution in [0.25, 0.3) is 10.9 Å². The van der Waals surface area contributed by atoms with E-state index in [0.29, 0.717) is 18.7 Å². The number of rotatable bonds is 3. The van der Waals surface area contributed by atoms with Crippen molar-refractivity contribution >= 4 is 22.8 Å². The van der Waals surface area contributed by atoms with Crippen LogP contribution < -0.4 is 10.9 Å². The minimum atomic E-state index is -1.09. The van der Waals surface area contributed by atoms with Crippen molar-refractivity contribution < 1.29 is 14.7 Å². The summed E-state index contributed by atoms with van der Waals surface area (Å²) < 4.78 is 0. The molecule has 1 aromatic heterocycles. The minimum absolute atomic E-state index is 0.148. The topological polar surface area (TPSA) is 102 Å². The molecule has 25 heavy (non-hydrogen) atoms. The molecule has 7 heteroatoms. The fourth-order valence-corrected chi connectivity index (χ4v) is 4.02. The van der Waals surface area contributed by atoms with Crippen LogP contribution in [0.1, 0.15) is 11.1 Å². The molecule has 0 saturated carbocycles. The van der Waals surface area contributed by atoms with Crippen LogP contribution in [0.2, 0.25) is 0 Å². The standard InChI is InChI=1S/C18H19N3O4/c1-10-2-3-11-5-12(15(22)20-14(11)4-10)6-21-7-13-16(23)19-8-18(13,9-21)17(24)25/h2-5,13H,6-9H2,1H3,(H,19,23)(H,20,22)(H,24,25)/t13-,18+/m0/s1. The molecule has 2 aliphatic rings. The molecule has 1 aromatic carbocycles. The van der Waals surface area contributed by atoms with Gasteiger partial charge >= 0.3 is 5.97 Å². The van der Waals surface area contributed by atoms with Crippen molar-refractivity contribution in [3.05, 3.63) is 45.7 Å². The van der Waals surface area contributed by atoms with Gasteiger partial charge in [-0.3, -0.25) is 19.3 Å². The van der Waals surface area contributed by atoms with Crippen LogP contribution in [0, 0.1) is 18.3 Å². The van der Waals surface area contributed by atoms with Gasteiger partial charge in [-0.15, -0.1) is 0 Å². The molecule has 2 aliphatic heterocycles. The number of hydrogen-bond donors (Lipinski definition) is 3. The van der Waals surface area contributed by atoms with Crippen LogP contribution in [0.15, 0.2) is 29.1 Å². The van der Waals surface area contributed by atoms with Crippen LogP contribution >= 0.6 is 0 Å². The zero-order chi connectivity index (χ0) is 17.8. The first kappa shape index (κ1) is 15.8. The fourth-order valence-electron chi connectivity index (χ4n) is 4.02. The average Bonchev–Trinajstić information content (AvgIpc) is 3.07. The van der Waals surface area contributed by atoms with Gasteiger partial charge in [-0.25, -0.2) is 0 Å². The molecule has 2 fully saturated rings. The van der Waals surface area contributed by atoms with Crippen LogP contribution in [0.4, 0.5) is 0 Å². The van der Waals surface area contributed by atoms with Crippen LogP contribution in [-0.2, 0) is 16.1 Å². The highest BCUT2D eigenvalue weighted by molar-refractivity contribution is 5.92. The molecule has 3 N–H and O–H groups in total. The van der Waals surface area contributed by atoms with E-state index in [2.05, 4.69) is 10.3 Å². The Bertz CT molecular complexity index is 951. The lowest BCUT2D eigenvalue weighted by Crippen LogP contribution is -2.40. The molecule has 2 saturated heterocycles. The van der Waals surface area contributed by atoms with Crippen LogP contribution in [0.5, 0.6) is 0 Å².